The lowest BCUT2D eigenvalue weighted by Crippen LogP contribution is -2.51. The number of halogens is 3. The molecule has 1 amide bonds. The Balaban J connectivity index is 2.75. The molecule has 1 rings (SSSR count). The van der Waals surface area contributed by atoms with E-state index in [1.165, 1.54) is 0 Å². The molecule has 20 heavy (non-hydrogen) atoms. The van der Waals surface area contributed by atoms with Crippen molar-refractivity contribution < 1.29 is 27.9 Å². The normalized spacial score (nSPS) is 14.4. The van der Waals surface area contributed by atoms with Gasteiger partial charge in [-0.05, 0) is 12.5 Å². The predicted octanol–water partition coefficient (Wildman–Crippen LogP) is 2.00. The minimum Gasteiger partial charge on any atom is -0.481 e. The van der Waals surface area contributed by atoms with Crippen LogP contribution in [0.4, 0.5) is 13.2 Å². The largest absolute Gasteiger partial charge is 0.481 e. The number of carboxylic acids is 1. The van der Waals surface area contributed by atoms with Gasteiger partial charge < -0.3 is 10.4 Å². The van der Waals surface area contributed by atoms with Crippen molar-refractivity contribution in [3.63, 3.8) is 0 Å². The van der Waals surface area contributed by atoms with Gasteiger partial charge in [-0.3, -0.25) is 9.59 Å². The van der Waals surface area contributed by atoms with E-state index in [0.29, 0.717) is 5.56 Å². The Hall–Kier alpha value is -2.05. The average Bonchev–Trinajstić information content (AvgIpc) is 2.35. The van der Waals surface area contributed by atoms with Gasteiger partial charge in [-0.25, -0.2) is 0 Å². The van der Waals surface area contributed by atoms with E-state index >= 15 is 0 Å². The Morgan fingerprint density at radius 2 is 1.80 bits per heavy atom. The van der Waals surface area contributed by atoms with Crippen LogP contribution in [0.15, 0.2) is 30.3 Å². The van der Waals surface area contributed by atoms with Gasteiger partial charge >= 0.3 is 12.1 Å². The second kappa shape index (κ2) is 6.40. The van der Waals surface area contributed by atoms with Crippen molar-refractivity contribution in [2.45, 2.75) is 25.6 Å². The predicted molar refractivity (Wildman–Crippen MR) is 64.9 cm³/mol. The molecule has 1 aromatic carbocycles. The molecule has 0 saturated heterocycles. The van der Waals surface area contributed by atoms with Crippen molar-refractivity contribution in [1.82, 2.24) is 5.32 Å². The van der Waals surface area contributed by atoms with E-state index in [1.54, 1.807) is 35.6 Å². The van der Waals surface area contributed by atoms with E-state index in [1.807, 2.05) is 0 Å². The van der Waals surface area contributed by atoms with E-state index in [-0.39, 0.29) is 6.42 Å². The third-order valence-electron chi connectivity index (χ3n) is 2.77. The third kappa shape index (κ3) is 4.56. The number of carbonyl (C=O) groups is 2. The van der Waals surface area contributed by atoms with Crippen LogP contribution in [0, 0.1) is 5.92 Å². The van der Waals surface area contributed by atoms with Crippen LogP contribution >= 0.6 is 0 Å². The number of hydrogen-bond donors (Lipinski definition) is 2. The second-order valence-corrected chi connectivity index (χ2v) is 4.38. The Morgan fingerprint density at radius 1 is 1.25 bits per heavy atom. The molecule has 0 bridgehead atoms. The maximum absolute atomic E-state index is 12.8. The van der Waals surface area contributed by atoms with Gasteiger partial charge in [0.1, 0.15) is 6.04 Å². The minimum atomic E-state index is -4.82. The maximum atomic E-state index is 12.8. The molecule has 2 N–H and O–H groups in total. The second-order valence-electron chi connectivity index (χ2n) is 4.38. The summed E-state index contributed by atoms with van der Waals surface area (Å²) in [5.41, 5.74) is 0.550. The summed E-state index contributed by atoms with van der Waals surface area (Å²) in [5, 5.41) is 10.4. The zero-order valence-corrected chi connectivity index (χ0v) is 10.6. The van der Waals surface area contributed by atoms with Gasteiger partial charge in [0.2, 0.25) is 5.91 Å². The summed E-state index contributed by atoms with van der Waals surface area (Å²) in [6.07, 6.45) is -5.05. The Morgan fingerprint density at radius 3 is 2.25 bits per heavy atom. The molecule has 1 aromatic rings. The van der Waals surface area contributed by atoms with Crippen molar-refractivity contribution in [2.24, 2.45) is 5.92 Å². The number of alkyl halides is 3. The Labute approximate surface area is 113 Å². The molecule has 0 heterocycles. The van der Waals surface area contributed by atoms with Gasteiger partial charge in [-0.2, -0.15) is 13.2 Å². The molecule has 0 saturated carbocycles. The summed E-state index contributed by atoms with van der Waals surface area (Å²) in [5.74, 6) is -4.24. The van der Waals surface area contributed by atoms with Crippen LogP contribution in [0.5, 0.6) is 0 Å². The molecular weight excluding hydrogens is 275 g/mol. The van der Waals surface area contributed by atoms with Gasteiger partial charge in [0.05, 0.1) is 12.3 Å². The number of rotatable bonds is 5. The highest BCUT2D eigenvalue weighted by atomic mass is 19.4. The summed E-state index contributed by atoms with van der Waals surface area (Å²) in [6, 6.07) is 5.82. The highest BCUT2D eigenvalue weighted by Crippen LogP contribution is 2.26. The van der Waals surface area contributed by atoms with Crippen LogP contribution in [-0.4, -0.2) is 29.2 Å². The lowest BCUT2D eigenvalue weighted by atomic mass is 10.0. The monoisotopic (exact) mass is 289 g/mol. The van der Waals surface area contributed by atoms with Gasteiger partial charge in [0.25, 0.3) is 0 Å². The van der Waals surface area contributed by atoms with Crippen LogP contribution < -0.4 is 5.32 Å². The van der Waals surface area contributed by atoms with Gasteiger partial charge in [0, 0.05) is 0 Å². The number of nitrogens with one attached hydrogen (secondary N) is 1. The van der Waals surface area contributed by atoms with Crippen molar-refractivity contribution in [1.29, 1.82) is 0 Å². The highest BCUT2D eigenvalue weighted by Gasteiger charge is 2.46. The average molecular weight is 289 g/mol. The van der Waals surface area contributed by atoms with E-state index in [4.69, 9.17) is 5.11 Å². The molecule has 110 valence electrons. The van der Waals surface area contributed by atoms with E-state index in [2.05, 4.69) is 0 Å². The van der Waals surface area contributed by atoms with Crippen LogP contribution in [-0.2, 0) is 16.0 Å². The molecule has 0 radical (unpaired) electrons. The fraction of sp³-hybridized carbons (Fsp3) is 0.385. The van der Waals surface area contributed by atoms with Crippen LogP contribution in [0.3, 0.4) is 0 Å². The quantitative estimate of drug-likeness (QED) is 0.871. The van der Waals surface area contributed by atoms with Crippen molar-refractivity contribution >= 4 is 11.9 Å². The number of hydrogen-bond acceptors (Lipinski definition) is 2. The first-order valence-electron chi connectivity index (χ1n) is 5.84. The fourth-order valence-electron chi connectivity index (χ4n) is 1.64. The van der Waals surface area contributed by atoms with Gasteiger partial charge in [-0.1, -0.05) is 30.3 Å². The standard InChI is InChI=1S/C13H14F3NO3/c1-8(12(19)20)11(13(14,15)16)17-10(18)7-9-5-3-2-4-6-9/h2-6,8,11H,7H2,1H3,(H,17,18)(H,19,20)/t8?,11-/m0/s1. The number of benzene rings is 1. The summed E-state index contributed by atoms with van der Waals surface area (Å²) in [7, 11) is 0. The molecule has 0 aliphatic carbocycles. The van der Waals surface area contributed by atoms with Crippen molar-refractivity contribution in [2.75, 3.05) is 0 Å². The zero-order valence-electron chi connectivity index (χ0n) is 10.6. The lowest BCUT2D eigenvalue weighted by Gasteiger charge is -2.24. The molecule has 2 atom stereocenters. The van der Waals surface area contributed by atoms with Crippen LogP contribution in [0.1, 0.15) is 12.5 Å². The Bertz CT molecular complexity index is 473. The number of carboxylic acid groups (broad SMARTS) is 1. The third-order valence-corrected chi connectivity index (χ3v) is 2.77. The molecule has 1 unspecified atom stereocenters. The van der Waals surface area contributed by atoms with E-state index in [0.717, 1.165) is 6.92 Å². The Kier molecular flexibility index (Phi) is 5.12. The number of aliphatic carboxylic acids is 1. The molecule has 4 nitrogen and oxygen atoms in total. The summed E-state index contributed by atoms with van der Waals surface area (Å²) in [4.78, 5) is 22.3. The SMILES string of the molecule is CC(C(=O)O)[C@H](NC(=O)Cc1ccccc1)C(F)(F)F. The molecule has 0 aliphatic heterocycles. The summed E-state index contributed by atoms with van der Waals surface area (Å²) >= 11 is 0. The smallest absolute Gasteiger partial charge is 0.409 e. The molecule has 7 heteroatoms. The lowest BCUT2D eigenvalue weighted by molar-refractivity contribution is -0.179. The fourth-order valence-corrected chi connectivity index (χ4v) is 1.64. The van der Waals surface area contributed by atoms with Crippen molar-refractivity contribution in [3.8, 4) is 0 Å². The molecular formula is C13H14F3NO3. The molecule has 0 aliphatic rings. The van der Waals surface area contributed by atoms with Crippen LogP contribution in [0.25, 0.3) is 0 Å². The summed E-state index contributed by atoms with van der Waals surface area (Å²) < 4.78 is 38.3. The van der Waals surface area contributed by atoms with Gasteiger partial charge in [-0.15, -0.1) is 0 Å². The molecule has 0 aromatic heterocycles. The first kappa shape index (κ1) is 16.0. The highest BCUT2D eigenvalue weighted by molar-refractivity contribution is 5.80. The van der Waals surface area contributed by atoms with E-state index in [9.17, 15) is 22.8 Å². The summed E-state index contributed by atoms with van der Waals surface area (Å²) in [6.45, 7) is 0.906. The first-order valence-corrected chi connectivity index (χ1v) is 5.84. The zero-order chi connectivity index (χ0) is 15.3. The van der Waals surface area contributed by atoms with E-state index < -0.39 is 30.0 Å². The van der Waals surface area contributed by atoms with Crippen LogP contribution in [0.2, 0.25) is 0 Å². The minimum absolute atomic E-state index is 0.236. The molecule has 0 fully saturated rings. The van der Waals surface area contributed by atoms with Gasteiger partial charge in [0.15, 0.2) is 0 Å². The first-order chi connectivity index (χ1) is 9.21. The maximum Gasteiger partial charge on any atom is 0.409 e. The number of amides is 1. The molecule has 0 spiro atoms. The van der Waals surface area contributed by atoms with Crippen molar-refractivity contribution in [3.05, 3.63) is 35.9 Å². The number of carbonyl (C=O) groups excluding carboxylic acids is 1. The topological polar surface area (TPSA) is 66.4 Å².